The molecule has 1 aliphatic rings. The normalized spacial score (nSPS) is 26.0. The van der Waals surface area contributed by atoms with Crippen LogP contribution in [0.2, 0.25) is 0 Å². The van der Waals surface area contributed by atoms with Crippen molar-refractivity contribution in [3.63, 3.8) is 0 Å². The Hall–Kier alpha value is -1.36. The van der Waals surface area contributed by atoms with Crippen LogP contribution in [0.4, 0.5) is 0 Å². The second kappa shape index (κ2) is 5.95. The number of carboxylic acid groups (broad SMARTS) is 1. The van der Waals surface area contributed by atoms with E-state index in [2.05, 4.69) is 21.2 Å². The zero-order chi connectivity index (χ0) is 14.8. The van der Waals surface area contributed by atoms with E-state index in [9.17, 15) is 14.7 Å². The molecule has 0 radical (unpaired) electrons. The van der Waals surface area contributed by atoms with Crippen LogP contribution < -0.4 is 5.32 Å². The topological polar surface area (TPSA) is 66.4 Å². The number of halogens is 1. The number of aliphatic carboxylic acids is 1. The van der Waals surface area contributed by atoms with E-state index in [-0.39, 0.29) is 5.91 Å². The molecule has 0 heterocycles. The molecule has 2 rings (SSSR count). The summed E-state index contributed by atoms with van der Waals surface area (Å²) in [5.74, 6) is -0.974. The van der Waals surface area contributed by atoms with Gasteiger partial charge in [-0.3, -0.25) is 4.79 Å². The summed E-state index contributed by atoms with van der Waals surface area (Å²) in [7, 11) is 0. The molecule has 0 saturated heterocycles. The summed E-state index contributed by atoms with van der Waals surface area (Å²) in [5.41, 5.74) is -0.671. The van der Waals surface area contributed by atoms with Gasteiger partial charge in [-0.1, -0.05) is 31.9 Å². The van der Waals surface area contributed by atoms with Gasteiger partial charge in [0.05, 0.1) is 5.56 Å². The van der Waals surface area contributed by atoms with Crippen LogP contribution in [0.25, 0.3) is 0 Å². The van der Waals surface area contributed by atoms with Crippen LogP contribution in [-0.4, -0.2) is 22.5 Å². The average molecular weight is 340 g/mol. The fourth-order valence-corrected chi connectivity index (χ4v) is 3.31. The third-order valence-corrected chi connectivity index (χ3v) is 4.57. The lowest BCUT2D eigenvalue weighted by atomic mass is 9.76. The molecular formula is C15H18BrNO3. The first kappa shape index (κ1) is 15.0. The molecule has 1 aromatic carbocycles. The fraction of sp³-hybridized carbons (Fsp3) is 0.467. The van der Waals surface area contributed by atoms with Crippen molar-refractivity contribution in [3.8, 4) is 0 Å². The highest BCUT2D eigenvalue weighted by Crippen LogP contribution is 2.33. The summed E-state index contributed by atoms with van der Waals surface area (Å²) in [6, 6.07) is 7.03. The van der Waals surface area contributed by atoms with Gasteiger partial charge < -0.3 is 10.4 Å². The maximum atomic E-state index is 12.3. The Labute approximate surface area is 126 Å². The molecule has 0 aromatic heterocycles. The number of carboxylic acids is 1. The molecule has 1 aliphatic carbocycles. The van der Waals surface area contributed by atoms with Crippen molar-refractivity contribution in [2.75, 3.05) is 0 Å². The van der Waals surface area contributed by atoms with Crippen LogP contribution in [0, 0.1) is 5.92 Å². The molecule has 1 fully saturated rings. The third-order valence-electron chi connectivity index (χ3n) is 3.88. The number of hydrogen-bond acceptors (Lipinski definition) is 2. The molecule has 2 atom stereocenters. The Morgan fingerprint density at radius 1 is 1.40 bits per heavy atom. The zero-order valence-corrected chi connectivity index (χ0v) is 12.9. The number of benzene rings is 1. The minimum Gasteiger partial charge on any atom is -0.480 e. The van der Waals surface area contributed by atoms with Gasteiger partial charge >= 0.3 is 5.97 Å². The van der Waals surface area contributed by atoms with Gasteiger partial charge in [0.15, 0.2) is 0 Å². The summed E-state index contributed by atoms with van der Waals surface area (Å²) >= 11 is 3.32. The molecule has 4 nitrogen and oxygen atoms in total. The monoisotopic (exact) mass is 339 g/mol. The minimum atomic E-state index is -1.13. The first-order chi connectivity index (χ1) is 9.44. The highest BCUT2D eigenvalue weighted by atomic mass is 79.9. The van der Waals surface area contributed by atoms with E-state index in [4.69, 9.17) is 0 Å². The van der Waals surface area contributed by atoms with Crippen molar-refractivity contribution in [1.29, 1.82) is 0 Å². The number of hydrogen-bond donors (Lipinski definition) is 2. The number of carbonyl (C=O) groups excluding carboxylic acids is 1. The van der Waals surface area contributed by atoms with Crippen LogP contribution in [0.1, 0.15) is 43.0 Å². The van der Waals surface area contributed by atoms with E-state index in [0.717, 1.165) is 12.8 Å². The van der Waals surface area contributed by atoms with E-state index >= 15 is 0 Å². The molecule has 2 N–H and O–H groups in total. The Kier molecular flexibility index (Phi) is 4.48. The van der Waals surface area contributed by atoms with Gasteiger partial charge in [0.25, 0.3) is 5.91 Å². The molecular weight excluding hydrogens is 322 g/mol. The number of amides is 1. The SMILES string of the molecule is CC1CCCC(NC(=O)c2ccccc2Br)(C(=O)O)C1. The molecule has 108 valence electrons. The van der Waals surface area contributed by atoms with Crippen molar-refractivity contribution in [2.24, 2.45) is 5.92 Å². The summed E-state index contributed by atoms with van der Waals surface area (Å²) in [6.07, 6.45) is 2.81. The maximum Gasteiger partial charge on any atom is 0.329 e. The zero-order valence-electron chi connectivity index (χ0n) is 11.4. The fourth-order valence-electron chi connectivity index (χ4n) is 2.84. The van der Waals surface area contributed by atoms with Crippen LogP contribution in [-0.2, 0) is 4.79 Å². The molecule has 20 heavy (non-hydrogen) atoms. The quantitative estimate of drug-likeness (QED) is 0.888. The van der Waals surface area contributed by atoms with Crippen LogP contribution in [0.15, 0.2) is 28.7 Å². The van der Waals surface area contributed by atoms with Gasteiger partial charge in [-0.2, -0.15) is 0 Å². The van der Waals surface area contributed by atoms with Gasteiger partial charge in [-0.25, -0.2) is 4.79 Å². The van der Waals surface area contributed by atoms with Crippen LogP contribution in [0.3, 0.4) is 0 Å². The molecule has 1 amide bonds. The second-order valence-corrected chi connectivity index (χ2v) is 6.38. The number of nitrogens with one attached hydrogen (secondary N) is 1. The predicted molar refractivity (Wildman–Crippen MR) is 79.6 cm³/mol. The summed E-state index contributed by atoms with van der Waals surface area (Å²) < 4.78 is 0.668. The van der Waals surface area contributed by atoms with Gasteiger partial charge in [0, 0.05) is 4.47 Å². The smallest absolute Gasteiger partial charge is 0.329 e. The van der Waals surface area contributed by atoms with Gasteiger partial charge in [0.2, 0.25) is 0 Å². The first-order valence-corrected chi connectivity index (χ1v) is 7.54. The second-order valence-electron chi connectivity index (χ2n) is 5.52. The Morgan fingerprint density at radius 2 is 2.10 bits per heavy atom. The van der Waals surface area contributed by atoms with Crippen LogP contribution >= 0.6 is 15.9 Å². The van der Waals surface area contributed by atoms with Crippen molar-refractivity contribution in [3.05, 3.63) is 34.3 Å². The summed E-state index contributed by atoms with van der Waals surface area (Å²) in [6.45, 7) is 2.03. The number of rotatable bonds is 3. The Morgan fingerprint density at radius 3 is 2.70 bits per heavy atom. The molecule has 0 bridgehead atoms. The Balaban J connectivity index is 2.23. The van der Waals surface area contributed by atoms with E-state index in [1.54, 1.807) is 18.2 Å². The highest BCUT2D eigenvalue weighted by Gasteiger charge is 2.43. The minimum absolute atomic E-state index is 0.305. The van der Waals surface area contributed by atoms with E-state index < -0.39 is 11.5 Å². The molecule has 2 unspecified atom stereocenters. The predicted octanol–water partition coefficient (Wildman–Crippen LogP) is 3.21. The van der Waals surface area contributed by atoms with Crippen molar-refractivity contribution in [2.45, 2.75) is 38.1 Å². The summed E-state index contributed by atoms with van der Waals surface area (Å²) in [4.78, 5) is 24.0. The lowest BCUT2D eigenvalue weighted by Gasteiger charge is -2.37. The van der Waals surface area contributed by atoms with Gasteiger partial charge in [-0.15, -0.1) is 0 Å². The van der Waals surface area contributed by atoms with E-state index in [1.165, 1.54) is 0 Å². The van der Waals surface area contributed by atoms with E-state index in [0.29, 0.717) is 28.8 Å². The van der Waals surface area contributed by atoms with Crippen LogP contribution in [0.5, 0.6) is 0 Å². The maximum absolute atomic E-state index is 12.3. The van der Waals surface area contributed by atoms with E-state index in [1.807, 2.05) is 13.0 Å². The standard InChI is InChI=1S/C15H18BrNO3/c1-10-5-4-8-15(9-10,14(19)20)17-13(18)11-6-2-3-7-12(11)16/h2-3,6-7,10H,4-5,8-9H2,1H3,(H,17,18)(H,19,20). The molecule has 1 saturated carbocycles. The highest BCUT2D eigenvalue weighted by molar-refractivity contribution is 9.10. The summed E-state index contributed by atoms with van der Waals surface area (Å²) in [5, 5.41) is 12.3. The lowest BCUT2D eigenvalue weighted by Crippen LogP contribution is -2.56. The third kappa shape index (κ3) is 3.03. The Bertz CT molecular complexity index is 532. The molecule has 5 heteroatoms. The lowest BCUT2D eigenvalue weighted by molar-refractivity contribution is -0.146. The average Bonchev–Trinajstić information content (AvgIpc) is 2.38. The van der Waals surface area contributed by atoms with Crippen molar-refractivity contribution in [1.82, 2.24) is 5.32 Å². The van der Waals surface area contributed by atoms with Gasteiger partial charge in [-0.05, 0) is 46.8 Å². The molecule has 0 aliphatic heterocycles. The van der Waals surface area contributed by atoms with Crippen molar-refractivity contribution < 1.29 is 14.7 Å². The van der Waals surface area contributed by atoms with Crippen molar-refractivity contribution >= 4 is 27.8 Å². The molecule has 0 spiro atoms. The van der Waals surface area contributed by atoms with Gasteiger partial charge in [0.1, 0.15) is 5.54 Å². The first-order valence-electron chi connectivity index (χ1n) is 6.75. The molecule has 1 aromatic rings. The number of carbonyl (C=O) groups is 2. The largest absolute Gasteiger partial charge is 0.480 e.